The summed E-state index contributed by atoms with van der Waals surface area (Å²) in [5, 5.41) is 6.19. The number of aromatic nitrogens is 1. The standard InChI is InChI=1S/C17H20N2/c1-13(2)18-11-12-19-16-9-5-3-7-14(16)15-8-4-6-10-17(15)19/h3-10,13,18H,11-12H2,1-2H3. The van der Waals surface area contributed by atoms with E-state index in [2.05, 4.69) is 72.3 Å². The van der Waals surface area contributed by atoms with Crippen LogP contribution in [0, 0.1) is 0 Å². The fourth-order valence-electron chi connectivity index (χ4n) is 2.71. The number of para-hydroxylation sites is 2. The van der Waals surface area contributed by atoms with Gasteiger partial charge in [-0.3, -0.25) is 0 Å². The summed E-state index contributed by atoms with van der Waals surface area (Å²) in [6.07, 6.45) is 0. The SMILES string of the molecule is CC(C)NCCn1c2ccccc2c2ccccc21. The molecule has 0 aliphatic rings. The molecule has 0 saturated heterocycles. The molecule has 0 fully saturated rings. The fourth-order valence-corrected chi connectivity index (χ4v) is 2.71. The summed E-state index contributed by atoms with van der Waals surface area (Å²) in [5.41, 5.74) is 2.66. The number of nitrogens with one attached hydrogen (secondary N) is 1. The zero-order valence-corrected chi connectivity index (χ0v) is 11.6. The van der Waals surface area contributed by atoms with Gasteiger partial charge in [0.15, 0.2) is 0 Å². The van der Waals surface area contributed by atoms with Gasteiger partial charge in [0.05, 0.1) is 0 Å². The lowest BCUT2D eigenvalue weighted by molar-refractivity contribution is 0.553. The topological polar surface area (TPSA) is 17.0 Å². The second kappa shape index (κ2) is 5.06. The zero-order valence-electron chi connectivity index (χ0n) is 11.6. The molecular formula is C17H20N2. The van der Waals surface area contributed by atoms with E-state index in [4.69, 9.17) is 0 Å². The molecule has 0 unspecified atom stereocenters. The van der Waals surface area contributed by atoms with E-state index >= 15 is 0 Å². The lowest BCUT2D eigenvalue weighted by atomic mass is 10.2. The van der Waals surface area contributed by atoms with Gasteiger partial charge in [-0.15, -0.1) is 0 Å². The number of hydrogen-bond donors (Lipinski definition) is 1. The predicted octanol–water partition coefficient (Wildman–Crippen LogP) is 3.79. The summed E-state index contributed by atoms with van der Waals surface area (Å²) in [5.74, 6) is 0. The third-order valence-corrected chi connectivity index (χ3v) is 3.57. The third kappa shape index (κ3) is 2.24. The van der Waals surface area contributed by atoms with Crippen LogP contribution in [0.1, 0.15) is 13.8 Å². The molecule has 2 aromatic carbocycles. The zero-order chi connectivity index (χ0) is 13.2. The van der Waals surface area contributed by atoms with Crippen LogP contribution in [0.4, 0.5) is 0 Å². The Balaban J connectivity index is 2.09. The Morgan fingerprint density at radius 2 is 1.42 bits per heavy atom. The van der Waals surface area contributed by atoms with E-state index in [0.717, 1.165) is 13.1 Å². The van der Waals surface area contributed by atoms with Gasteiger partial charge >= 0.3 is 0 Å². The van der Waals surface area contributed by atoms with Crippen LogP contribution in [0.25, 0.3) is 21.8 Å². The van der Waals surface area contributed by atoms with Crippen molar-refractivity contribution in [2.75, 3.05) is 6.54 Å². The second-order valence-electron chi connectivity index (χ2n) is 5.29. The Bertz CT molecular complexity index is 641. The maximum atomic E-state index is 3.49. The average Bonchev–Trinajstić information content (AvgIpc) is 2.74. The molecule has 0 saturated carbocycles. The quantitative estimate of drug-likeness (QED) is 0.747. The van der Waals surface area contributed by atoms with Crippen molar-refractivity contribution in [3.63, 3.8) is 0 Å². The number of hydrogen-bond acceptors (Lipinski definition) is 1. The van der Waals surface area contributed by atoms with Crippen molar-refractivity contribution in [1.82, 2.24) is 9.88 Å². The van der Waals surface area contributed by atoms with E-state index in [0.29, 0.717) is 6.04 Å². The predicted molar refractivity (Wildman–Crippen MR) is 82.6 cm³/mol. The molecular weight excluding hydrogens is 232 g/mol. The molecule has 1 N–H and O–H groups in total. The first-order valence-corrected chi connectivity index (χ1v) is 6.97. The summed E-state index contributed by atoms with van der Waals surface area (Å²) in [7, 11) is 0. The molecule has 0 bridgehead atoms. The summed E-state index contributed by atoms with van der Waals surface area (Å²) < 4.78 is 2.42. The molecule has 0 amide bonds. The molecule has 0 atom stereocenters. The molecule has 3 aromatic rings. The van der Waals surface area contributed by atoms with Gasteiger partial charge in [-0.05, 0) is 12.1 Å². The van der Waals surface area contributed by atoms with Gasteiger partial charge in [0, 0.05) is 40.9 Å². The average molecular weight is 252 g/mol. The minimum absolute atomic E-state index is 0.535. The van der Waals surface area contributed by atoms with Gasteiger partial charge in [0.2, 0.25) is 0 Å². The van der Waals surface area contributed by atoms with E-state index in [1.54, 1.807) is 0 Å². The molecule has 0 aliphatic heterocycles. The van der Waals surface area contributed by atoms with Crippen LogP contribution in [0.5, 0.6) is 0 Å². The van der Waals surface area contributed by atoms with Crippen molar-refractivity contribution in [2.24, 2.45) is 0 Å². The third-order valence-electron chi connectivity index (χ3n) is 3.57. The van der Waals surface area contributed by atoms with Gasteiger partial charge in [-0.2, -0.15) is 0 Å². The number of nitrogens with zero attached hydrogens (tertiary/aromatic N) is 1. The minimum atomic E-state index is 0.535. The summed E-state index contributed by atoms with van der Waals surface area (Å²) in [6.45, 7) is 6.38. The molecule has 19 heavy (non-hydrogen) atoms. The van der Waals surface area contributed by atoms with Gasteiger partial charge < -0.3 is 9.88 Å². The van der Waals surface area contributed by atoms with Crippen LogP contribution in [0.15, 0.2) is 48.5 Å². The Hall–Kier alpha value is -1.80. The molecule has 0 radical (unpaired) electrons. The molecule has 1 aromatic heterocycles. The largest absolute Gasteiger partial charge is 0.339 e. The molecule has 2 nitrogen and oxygen atoms in total. The van der Waals surface area contributed by atoms with E-state index in [1.807, 2.05) is 0 Å². The van der Waals surface area contributed by atoms with Crippen molar-refractivity contribution in [3.05, 3.63) is 48.5 Å². The lowest BCUT2D eigenvalue weighted by Gasteiger charge is -2.11. The maximum Gasteiger partial charge on any atom is 0.0491 e. The highest BCUT2D eigenvalue weighted by Gasteiger charge is 2.08. The Labute approximate surface area is 114 Å². The minimum Gasteiger partial charge on any atom is -0.339 e. The van der Waals surface area contributed by atoms with Crippen LogP contribution >= 0.6 is 0 Å². The van der Waals surface area contributed by atoms with E-state index < -0.39 is 0 Å². The van der Waals surface area contributed by atoms with Crippen LogP contribution in [0.3, 0.4) is 0 Å². The molecule has 0 spiro atoms. The van der Waals surface area contributed by atoms with E-state index in [1.165, 1.54) is 21.8 Å². The monoisotopic (exact) mass is 252 g/mol. The van der Waals surface area contributed by atoms with Crippen LogP contribution in [-0.4, -0.2) is 17.2 Å². The highest BCUT2D eigenvalue weighted by Crippen LogP contribution is 2.28. The first-order chi connectivity index (χ1) is 9.27. The van der Waals surface area contributed by atoms with Crippen LogP contribution < -0.4 is 5.32 Å². The number of fused-ring (bicyclic) bond motifs is 3. The summed E-state index contributed by atoms with van der Waals surface area (Å²) in [4.78, 5) is 0. The van der Waals surface area contributed by atoms with Gasteiger partial charge in [0.1, 0.15) is 0 Å². The summed E-state index contributed by atoms with van der Waals surface area (Å²) >= 11 is 0. The van der Waals surface area contributed by atoms with E-state index in [9.17, 15) is 0 Å². The molecule has 98 valence electrons. The highest BCUT2D eigenvalue weighted by atomic mass is 15.0. The van der Waals surface area contributed by atoms with Crippen molar-refractivity contribution < 1.29 is 0 Å². The highest BCUT2D eigenvalue weighted by molar-refractivity contribution is 6.07. The first kappa shape index (κ1) is 12.2. The Morgan fingerprint density at radius 3 is 1.95 bits per heavy atom. The Morgan fingerprint density at radius 1 is 0.895 bits per heavy atom. The van der Waals surface area contributed by atoms with Gasteiger partial charge in [0.25, 0.3) is 0 Å². The molecule has 1 heterocycles. The number of rotatable bonds is 4. The second-order valence-corrected chi connectivity index (χ2v) is 5.29. The molecule has 3 rings (SSSR count). The van der Waals surface area contributed by atoms with Gasteiger partial charge in [-0.1, -0.05) is 50.2 Å². The van der Waals surface area contributed by atoms with Gasteiger partial charge in [-0.25, -0.2) is 0 Å². The normalized spacial score (nSPS) is 11.7. The molecule has 0 aliphatic carbocycles. The van der Waals surface area contributed by atoms with Crippen molar-refractivity contribution in [3.8, 4) is 0 Å². The lowest BCUT2D eigenvalue weighted by Crippen LogP contribution is -2.26. The summed E-state index contributed by atoms with van der Waals surface area (Å²) in [6, 6.07) is 17.9. The van der Waals surface area contributed by atoms with Crippen LogP contribution in [-0.2, 0) is 6.54 Å². The van der Waals surface area contributed by atoms with Crippen molar-refractivity contribution in [2.45, 2.75) is 26.4 Å². The fraction of sp³-hybridized carbons (Fsp3) is 0.294. The smallest absolute Gasteiger partial charge is 0.0491 e. The first-order valence-electron chi connectivity index (χ1n) is 6.97. The maximum absolute atomic E-state index is 3.49. The van der Waals surface area contributed by atoms with E-state index in [-0.39, 0.29) is 0 Å². The Kier molecular flexibility index (Phi) is 3.26. The van der Waals surface area contributed by atoms with Crippen molar-refractivity contribution >= 4 is 21.8 Å². The number of benzene rings is 2. The molecule has 2 heteroatoms. The van der Waals surface area contributed by atoms with Crippen molar-refractivity contribution in [1.29, 1.82) is 0 Å². The van der Waals surface area contributed by atoms with Crippen LogP contribution in [0.2, 0.25) is 0 Å².